The first-order chi connectivity index (χ1) is 23.3. The molecular weight excluding hydrogens is 574 g/mol. The number of hydrogen-bond donors (Lipinski definition) is 0. The summed E-state index contributed by atoms with van der Waals surface area (Å²) in [5.74, 6) is 0. The summed E-state index contributed by atoms with van der Waals surface area (Å²) in [6.07, 6.45) is 0. The van der Waals surface area contributed by atoms with Crippen molar-refractivity contribution in [3.05, 3.63) is 164 Å². The molecule has 220 valence electrons. The Bertz CT molecular complexity index is 2810. The summed E-state index contributed by atoms with van der Waals surface area (Å²) in [4.78, 5) is 2.29. The highest BCUT2D eigenvalue weighted by molar-refractivity contribution is 6.22. The van der Waals surface area contributed by atoms with E-state index in [0.29, 0.717) is 0 Å². The Morgan fingerprint density at radius 1 is 0.340 bits per heavy atom. The Morgan fingerprint density at radius 2 is 0.915 bits per heavy atom. The van der Waals surface area contributed by atoms with Crippen LogP contribution in [0.15, 0.2) is 173 Å². The molecule has 3 nitrogen and oxygen atoms in total. The standard InChI is InChI=1S/C44H27NO2/c1-2-11-29(12-3-1)39-27-43-44(37-16-7-6-14-34(37)39)38-23-21-33(26-42(38)47-43)45(31-19-18-28-10-4-5-13-30(28)24-31)32-20-22-36-35-15-8-9-17-40(35)46-41(36)25-32/h1-27H. The van der Waals surface area contributed by atoms with Crippen LogP contribution in [0, 0.1) is 0 Å². The summed E-state index contributed by atoms with van der Waals surface area (Å²) in [5, 5.41) is 9.27. The van der Waals surface area contributed by atoms with Crippen LogP contribution in [0.5, 0.6) is 0 Å². The highest BCUT2D eigenvalue weighted by Gasteiger charge is 2.19. The summed E-state index contributed by atoms with van der Waals surface area (Å²) in [5.41, 5.74) is 8.92. The van der Waals surface area contributed by atoms with Gasteiger partial charge in [-0.2, -0.15) is 0 Å². The Balaban J connectivity index is 1.20. The predicted molar refractivity (Wildman–Crippen MR) is 196 cm³/mol. The van der Waals surface area contributed by atoms with Crippen LogP contribution in [0.25, 0.3) is 76.5 Å². The Labute approximate surface area is 270 Å². The minimum atomic E-state index is 0.850. The molecule has 47 heavy (non-hydrogen) atoms. The Hall–Kier alpha value is -6.32. The van der Waals surface area contributed by atoms with Gasteiger partial charge in [-0.1, -0.05) is 103 Å². The van der Waals surface area contributed by atoms with Crippen molar-refractivity contribution in [2.45, 2.75) is 0 Å². The average Bonchev–Trinajstić information content (AvgIpc) is 3.69. The molecule has 0 aliphatic carbocycles. The number of para-hydroxylation sites is 1. The Morgan fingerprint density at radius 3 is 1.74 bits per heavy atom. The zero-order valence-electron chi connectivity index (χ0n) is 25.4. The minimum Gasteiger partial charge on any atom is -0.456 e. The van der Waals surface area contributed by atoms with Gasteiger partial charge in [-0.25, -0.2) is 0 Å². The largest absolute Gasteiger partial charge is 0.456 e. The third kappa shape index (κ3) is 4.07. The third-order valence-corrected chi connectivity index (χ3v) is 9.42. The number of rotatable bonds is 4. The molecule has 0 bridgehead atoms. The van der Waals surface area contributed by atoms with Gasteiger partial charge in [0, 0.05) is 50.7 Å². The van der Waals surface area contributed by atoms with Gasteiger partial charge in [0.1, 0.15) is 22.3 Å². The zero-order chi connectivity index (χ0) is 30.9. The molecule has 0 unspecified atom stereocenters. The van der Waals surface area contributed by atoms with Crippen LogP contribution in [0.4, 0.5) is 17.1 Å². The quantitative estimate of drug-likeness (QED) is 0.201. The van der Waals surface area contributed by atoms with Crippen molar-refractivity contribution in [2.24, 2.45) is 0 Å². The van der Waals surface area contributed by atoms with E-state index in [1.807, 2.05) is 12.1 Å². The van der Waals surface area contributed by atoms with Gasteiger partial charge in [-0.15, -0.1) is 0 Å². The smallest absolute Gasteiger partial charge is 0.137 e. The van der Waals surface area contributed by atoms with E-state index in [9.17, 15) is 0 Å². The predicted octanol–water partition coefficient (Wildman–Crippen LogP) is 12.9. The van der Waals surface area contributed by atoms with Crippen molar-refractivity contribution in [1.82, 2.24) is 0 Å². The fraction of sp³-hybridized carbons (Fsp3) is 0. The van der Waals surface area contributed by atoms with Crippen molar-refractivity contribution in [3.8, 4) is 11.1 Å². The summed E-state index contributed by atoms with van der Waals surface area (Å²) >= 11 is 0. The van der Waals surface area contributed by atoms with Crippen molar-refractivity contribution >= 4 is 82.5 Å². The summed E-state index contributed by atoms with van der Waals surface area (Å²) in [6.45, 7) is 0. The molecule has 0 radical (unpaired) electrons. The molecular formula is C44H27NO2. The zero-order valence-corrected chi connectivity index (χ0v) is 25.4. The van der Waals surface area contributed by atoms with E-state index in [2.05, 4.69) is 157 Å². The van der Waals surface area contributed by atoms with E-state index < -0.39 is 0 Å². The molecule has 0 atom stereocenters. The van der Waals surface area contributed by atoms with Crippen LogP contribution in [0.2, 0.25) is 0 Å². The highest BCUT2D eigenvalue weighted by atomic mass is 16.3. The minimum absolute atomic E-state index is 0.850. The molecule has 3 heteroatoms. The first-order valence-corrected chi connectivity index (χ1v) is 15.9. The molecule has 0 aliphatic rings. The highest BCUT2D eigenvalue weighted by Crippen LogP contribution is 2.44. The van der Waals surface area contributed by atoms with E-state index in [4.69, 9.17) is 8.83 Å². The van der Waals surface area contributed by atoms with Crippen LogP contribution in [0.3, 0.4) is 0 Å². The van der Waals surface area contributed by atoms with Crippen LogP contribution >= 0.6 is 0 Å². The number of nitrogens with zero attached hydrogens (tertiary/aromatic N) is 1. The van der Waals surface area contributed by atoms with E-state index in [1.165, 1.54) is 32.7 Å². The third-order valence-electron chi connectivity index (χ3n) is 9.42. The maximum Gasteiger partial charge on any atom is 0.137 e. The van der Waals surface area contributed by atoms with Gasteiger partial charge in [0.25, 0.3) is 0 Å². The molecule has 10 aromatic rings. The van der Waals surface area contributed by atoms with Gasteiger partial charge in [0.2, 0.25) is 0 Å². The lowest BCUT2D eigenvalue weighted by Crippen LogP contribution is -2.09. The van der Waals surface area contributed by atoms with E-state index in [-0.39, 0.29) is 0 Å². The van der Waals surface area contributed by atoms with E-state index >= 15 is 0 Å². The molecule has 0 spiro atoms. The number of anilines is 3. The maximum atomic E-state index is 6.72. The number of hydrogen-bond acceptors (Lipinski definition) is 3. The normalized spacial score (nSPS) is 11.8. The Kier molecular flexibility index (Phi) is 5.57. The van der Waals surface area contributed by atoms with Gasteiger partial charge in [0.15, 0.2) is 0 Å². The van der Waals surface area contributed by atoms with Crippen molar-refractivity contribution in [2.75, 3.05) is 4.90 Å². The van der Waals surface area contributed by atoms with Crippen molar-refractivity contribution < 1.29 is 8.83 Å². The van der Waals surface area contributed by atoms with Crippen molar-refractivity contribution in [1.29, 1.82) is 0 Å². The van der Waals surface area contributed by atoms with Crippen LogP contribution in [-0.4, -0.2) is 0 Å². The second-order valence-electron chi connectivity index (χ2n) is 12.1. The molecule has 0 saturated heterocycles. The SMILES string of the molecule is c1ccc(-c2cc3oc4cc(N(c5ccc6ccccc6c5)c5ccc6c(c5)oc5ccccc56)ccc4c3c3ccccc23)cc1. The monoisotopic (exact) mass is 601 g/mol. The number of fused-ring (bicyclic) bond motifs is 9. The second kappa shape index (κ2) is 10.1. The van der Waals surface area contributed by atoms with Gasteiger partial charge >= 0.3 is 0 Å². The first kappa shape index (κ1) is 26.0. The summed E-state index contributed by atoms with van der Waals surface area (Å²) < 4.78 is 13.1. The first-order valence-electron chi connectivity index (χ1n) is 15.9. The molecule has 2 aromatic heterocycles. The lowest BCUT2D eigenvalue weighted by atomic mass is 9.95. The van der Waals surface area contributed by atoms with Crippen LogP contribution in [0.1, 0.15) is 0 Å². The lowest BCUT2D eigenvalue weighted by molar-refractivity contribution is 0.669. The molecule has 0 saturated carbocycles. The average molecular weight is 602 g/mol. The molecule has 8 aromatic carbocycles. The lowest BCUT2D eigenvalue weighted by Gasteiger charge is -2.25. The molecule has 10 rings (SSSR count). The second-order valence-corrected chi connectivity index (χ2v) is 12.1. The van der Waals surface area contributed by atoms with E-state index in [1.54, 1.807) is 0 Å². The number of furan rings is 2. The maximum absolute atomic E-state index is 6.72. The van der Waals surface area contributed by atoms with Crippen molar-refractivity contribution in [3.63, 3.8) is 0 Å². The van der Waals surface area contributed by atoms with Gasteiger partial charge in [-0.3, -0.25) is 0 Å². The van der Waals surface area contributed by atoms with Gasteiger partial charge < -0.3 is 13.7 Å². The fourth-order valence-electron chi connectivity index (χ4n) is 7.24. The molecule has 2 heterocycles. The summed E-state index contributed by atoms with van der Waals surface area (Å²) in [6, 6.07) is 57.8. The number of benzene rings is 8. The fourth-order valence-corrected chi connectivity index (χ4v) is 7.24. The van der Waals surface area contributed by atoms with Crippen LogP contribution in [-0.2, 0) is 0 Å². The van der Waals surface area contributed by atoms with Crippen LogP contribution < -0.4 is 4.90 Å². The van der Waals surface area contributed by atoms with Gasteiger partial charge in [0.05, 0.1) is 0 Å². The molecule has 0 aliphatic heterocycles. The van der Waals surface area contributed by atoms with Gasteiger partial charge in [-0.05, 0) is 81.2 Å². The summed E-state index contributed by atoms with van der Waals surface area (Å²) in [7, 11) is 0. The topological polar surface area (TPSA) is 29.5 Å². The molecule has 0 N–H and O–H groups in total. The van der Waals surface area contributed by atoms with E-state index in [0.717, 1.165) is 60.9 Å². The molecule has 0 amide bonds. The molecule has 0 fully saturated rings.